The molecule has 0 saturated carbocycles. The second kappa shape index (κ2) is 6.52. The summed E-state index contributed by atoms with van der Waals surface area (Å²) in [5.41, 5.74) is 5.63. The van der Waals surface area contributed by atoms with Crippen molar-refractivity contribution in [1.29, 1.82) is 0 Å². The van der Waals surface area contributed by atoms with Crippen LogP contribution in [0, 0.1) is 5.41 Å². The first-order valence-electron chi connectivity index (χ1n) is 7.49. The number of Topliss-reactive ketones (excluding diaryl/α,β-unsaturated/α-hetero) is 1. The number of ketones is 1. The van der Waals surface area contributed by atoms with Gasteiger partial charge in [-0.25, -0.2) is 0 Å². The van der Waals surface area contributed by atoms with E-state index < -0.39 is 7.60 Å². The average Bonchev–Trinajstić information content (AvgIpc) is 2.88. The molecule has 1 fully saturated rings. The highest BCUT2D eigenvalue weighted by Crippen LogP contribution is 2.52. The van der Waals surface area contributed by atoms with Gasteiger partial charge in [0.2, 0.25) is 0 Å². The number of hydrogen-bond donors (Lipinski definition) is 0. The lowest BCUT2D eigenvalue weighted by atomic mass is 9.72. The second-order valence-electron chi connectivity index (χ2n) is 6.34. The molecule has 0 aromatic carbocycles. The summed E-state index contributed by atoms with van der Waals surface area (Å²) in [6.45, 7) is 8.75. The smallest absolute Gasteiger partial charge is 0.303 e. The first-order chi connectivity index (χ1) is 10.2. The van der Waals surface area contributed by atoms with Gasteiger partial charge < -0.3 is 9.05 Å². The van der Waals surface area contributed by atoms with Crippen LogP contribution in [0.25, 0.3) is 0 Å². The third-order valence-electron chi connectivity index (χ3n) is 4.10. The molecule has 0 amide bonds. The molecule has 0 unspecified atom stereocenters. The highest BCUT2D eigenvalue weighted by Gasteiger charge is 2.30. The fourth-order valence-electron chi connectivity index (χ4n) is 2.63. The molecule has 1 aliphatic carbocycles. The van der Waals surface area contributed by atoms with Crippen LogP contribution in [0.4, 0.5) is 0 Å². The van der Waals surface area contributed by atoms with Crippen LogP contribution in [-0.4, -0.2) is 19.0 Å². The quantitative estimate of drug-likeness (QED) is 0.434. The molecule has 0 bridgehead atoms. The van der Waals surface area contributed by atoms with Crippen LogP contribution in [0.3, 0.4) is 0 Å². The lowest BCUT2D eigenvalue weighted by Crippen LogP contribution is -2.24. The van der Waals surface area contributed by atoms with Crippen LogP contribution < -0.4 is 0 Å². The first kappa shape index (κ1) is 17.2. The molecule has 4 nitrogen and oxygen atoms in total. The molecule has 120 valence electrons. The van der Waals surface area contributed by atoms with Crippen molar-refractivity contribution in [2.75, 3.05) is 13.2 Å². The van der Waals surface area contributed by atoms with Crippen LogP contribution in [0.5, 0.6) is 0 Å². The fraction of sp³-hybridized carbons (Fsp3) is 0.529. The third kappa shape index (κ3) is 3.97. The molecule has 2 rings (SSSR count). The lowest BCUT2D eigenvalue weighted by molar-refractivity contribution is -0.116. The molecular formula is C17H23O4P. The van der Waals surface area contributed by atoms with E-state index in [1.807, 2.05) is 26.0 Å². The molecule has 1 aliphatic heterocycles. The zero-order valence-electron chi connectivity index (χ0n) is 13.6. The van der Waals surface area contributed by atoms with Gasteiger partial charge in [0, 0.05) is 6.42 Å². The van der Waals surface area contributed by atoms with Gasteiger partial charge in [0.25, 0.3) is 0 Å². The predicted octanol–water partition coefficient (Wildman–Crippen LogP) is 4.55. The van der Waals surface area contributed by atoms with E-state index in [9.17, 15) is 9.36 Å². The summed E-state index contributed by atoms with van der Waals surface area (Å²) in [5, 5.41) is 0. The Hall–Kier alpha value is -1.18. The number of carbonyl (C=O) groups excluding carboxylic acids is 1. The Kier molecular flexibility index (Phi) is 5.09. The summed E-state index contributed by atoms with van der Waals surface area (Å²) in [6, 6.07) is 0. The van der Waals surface area contributed by atoms with E-state index in [4.69, 9.17) is 9.05 Å². The summed E-state index contributed by atoms with van der Waals surface area (Å²) in [6.07, 6.45) is 5.33. The fourth-order valence-corrected chi connectivity index (χ4v) is 3.88. The maximum Gasteiger partial charge on any atom is 0.361 e. The van der Waals surface area contributed by atoms with E-state index in [1.54, 1.807) is 0 Å². The van der Waals surface area contributed by atoms with Gasteiger partial charge in [0.05, 0.1) is 19.0 Å². The summed E-state index contributed by atoms with van der Waals surface area (Å²) in [7, 11) is -3.08. The van der Waals surface area contributed by atoms with Gasteiger partial charge in [-0.2, -0.15) is 0 Å². The zero-order valence-corrected chi connectivity index (χ0v) is 14.5. The lowest BCUT2D eigenvalue weighted by Gasteiger charge is -2.32. The maximum absolute atomic E-state index is 12.0. The molecule has 0 aromatic rings. The predicted molar refractivity (Wildman–Crippen MR) is 86.6 cm³/mol. The Labute approximate surface area is 132 Å². The van der Waals surface area contributed by atoms with Crippen LogP contribution in [-0.2, 0) is 18.4 Å². The van der Waals surface area contributed by atoms with Gasteiger partial charge in [-0.05, 0) is 42.4 Å². The SMILES string of the molecule is CC(=C=CP1(=O)OCCO1)C=CC1=C(C)C(=O)CCC1(C)C. The number of hydrogen-bond acceptors (Lipinski definition) is 4. The number of carbonyl (C=O) groups is 1. The van der Waals surface area contributed by atoms with E-state index in [0.717, 1.165) is 23.1 Å². The first-order valence-corrected chi connectivity index (χ1v) is 9.11. The van der Waals surface area contributed by atoms with Crippen LogP contribution in [0.1, 0.15) is 40.5 Å². The van der Waals surface area contributed by atoms with E-state index in [-0.39, 0.29) is 11.2 Å². The molecule has 0 N–H and O–H groups in total. The van der Waals surface area contributed by atoms with Crippen molar-refractivity contribution >= 4 is 13.4 Å². The molecule has 0 atom stereocenters. The van der Waals surface area contributed by atoms with Crippen LogP contribution in [0.2, 0.25) is 0 Å². The standard InChI is InChI=1S/C17H23O4P/c1-13(8-12-22(19)20-10-11-21-22)5-6-15-14(2)16(18)7-9-17(15,3)4/h5-6,12H,7,9-11H2,1-4H3. The largest absolute Gasteiger partial charge is 0.361 e. The Morgan fingerprint density at radius 2 is 1.95 bits per heavy atom. The molecule has 1 saturated heterocycles. The number of allylic oxidation sites excluding steroid dienone is 5. The molecule has 0 spiro atoms. The van der Waals surface area contributed by atoms with Gasteiger partial charge in [-0.3, -0.25) is 9.36 Å². The summed E-state index contributed by atoms with van der Waals surface area (Å²) in [4.78, 5) is 11.9. The third-order valence-corrected chi connectivity index (χ3v) is 5.63. The molecule has 1 heterocycles. The Balaban J connectivity index is 2.23. The highest BCUT2D eigenvalue weighted by atomic mass is 31.2. The minimum Gasteiger partial charge on any atom is -0.303 e. The van der Waals surface area contributed by atoms with Crippen molar-refractivity contribution in [2.24, 2.45) is 5.41 Å². The van der Waals surface area contributed by atoms with Crippen LogP contribution >= 0.6 is 7.60 Å². The molecule has 22 heavy (non-hydrogen) atoms. The van der Waals surface area contributed by atoms with E-state index >= 15 is 0 Å². The maximum atomic E-state index is 12.0. The minimum absolute atomic E-state index is 0.0110. The average molecular weight is 322 g/mol. The van der Waals surface area contributed by atoms with Gasteiger partial charge in [-0.1, -0.05) is 26.0 Å². The molecular weight excluding hydrogens is 299 g/mol. The summed E-state index contributed by atoms with van der Waals surface area (Å²) >= 11 is 0. The normalized spacial score (nSPS) is 23.7. The zero-order chi connectivity index (χ0) is 16.4. The van der Waals surface area contributed by atoms with E-state index in [2.05, 4.69) is 19.6 Å². The molecule has 0 radical (unpaired) electrons. The van der Waals surface area contributed by atoms with E-state index in [1.165, 1.54) is 5.82 Å². The summed E-state index contributed by atoms with van der Waals surface area (Å²) < 4.78 is 22.1. The second-order valence-corrected chi connectivity index (χ2v) is 8.20. The summed E-state index contributed by atoms with van der Waals surface area (Å²) in [5.74, 6) is 1.59. The molecule has 2 aliphatic rings. The van der Waals surface area contributed by atoms with Crippen molar-refractivity contribution in [2.45, 2.75) is 40.5 Å². The number of rotatable bonds is 3. The highest BCUT2D eigenvalue weighted by molar-refractivity contribution is 7.57. The van der Waals surface area contributed by atoms with Gasteiger partial charge in [-0.15, -0.1) is 5.73 Å². The van der Waals surface area contributed by atoms with Crippen molar-refractivity contribution in [3.63, 3.8) is 0 Å². The minimum atomic E-state index is -3.08. The van der Waals surface area contributed by atoms with Gasteiger partial charge in [0.1, 0.15) is 0 Å². The van der Waals surface area contributed by atoms with Crippen molar-refractivity contribution in [3.05, 3.63) is 40.4 Å². The Bertz CT molecular complexity index is 636. The van der Waals surface area contributed by atoms with Crippen molar-refractivity contribution in [3.8, 4) is 0 Å². The van der Waals surface area contributed by atoms with E-state index in [0.29, 0.717) is 19.6 Å². The Morgan fingerprint density at radius 3 is 2.59 bits per heavy atom. The monoisotopic (exact) mass is 322 g/mol. The van der Waals surface area contributed by atoms with Crippen molar-refractivity contribution < 1.29 is 18.4 Å². The van der Waals surface area contributed by atoms with Gasteiger partial charge in [0.15, 0.2) is 5.78 Å². The Morgan fingerprint density at radius 1 is 1.32 bits per heavy atom. The topological polar surface area (TPSA) is 52.6 Å². The van der Waals surface area contributed by atoms with Crippen molar-refractivity contribution in [1.82, 2.24) is 0 Å². The molecule has 5 heteroatoms. The van der Waals surface area contributed by atoms with Crippen LogP contribution in [0.15, 0.2) is 40.4 Å². The van der Waals surface area contributed by atoms with Gasteiger partial charge >= 0.3 is 7.60 Å². The molecule has 0 aromatic heterocycles.